The van der Waals surface area contributed by atoms with Crippen LogP contribution in [0.2, 0.25) is 0 Å². The van der Waals surface area contributed by atoms with E-state index in [1.165, 1.54) is 25.7 Å². The van der Waals surface area contributed by atoms with Crippen LogP contribution in [0, 0.1) is 0 Å². The Kier molecular flexibility index (Phi) is 2.93. The fourth-order valence-corrected chi connectivity index (χ4v) is 3.20. The van der Waals surface area contributed by atoms with Crippen LogP contribution in [0.3, 0.4) is 0 Å². The van der Waals surface area contributed by atoms with Gasteiger partial charge in [0, 0.05) is 12.0 Å². The number of piperidine rings is 1. The summed E-state index contributed by atoms with van der Waals surface area (Å²) in [5.41, 5.74) is 9.45. The van der Waals surface area contributed by atoms with E-state index in [9.17, 15) is 0 Å². The van der Waals surface area contributed by atoms with Crippen molar-refractivity contribution < 1.29 is 0 Å². The van der Waals surface area contributed by atoms with Gasteiger partial charge in [-0.05, 0) is 55.8 Å². The largest absolute Gasteiger partial charge is 0.330 e. The quantitative estimate of drug-likeness (QED) is 0.835. The SMILES string of the molecule is NCC1(c2ccccc2C2CCNCC2)CC1. The topological polar surface area (TPSA) is 38.0 Å². The highest BCUT2D eigenvalue weighted by Gasteiger charge is 2.44. The lowest BCUT2D eigenvalue weighted by atomic mass is 9.81. The van der Waals surface area contributed by atoms with Crippen molar-refractivity contribution in [2.24, 2.45) is 5.73 Å². The van der Waals surface area contributed by atoms with E-state index in [-0.39, 0.29) is 0 Å². The average Bonchev–Trinajstić information content (AvgIpc) is 3.21. The first-order valence-corrected chi connectivity index (χ1v) is 6.86. The number of benzene rings is 1. The minimum absolute atomic E-state index is 0.335. The Hall–Kier alpha value is -0.860. The van der Waals surface area contributed by atoms with Gasteiger partial charge in [-0.3, -0.25) is 0 Å². The zero-order valence-electron chi connectivity index (χ0n) is 10.4. The van der Waals surface area contributed by atoms with E-state index in [2.05, 4.69) is 29.6 Å². The third kappa shape index (κ3) is 2.00. The number of hydrogen-bond donors (Lipinski definition) is 2. The summed E-state index contributed by atoms with van der Waals surface area (Å²) < 4.78 is 0. The van der Waals surface area contributed by atoms with Gasteiger partial charge in [-0.2, -0.15) is 0 Å². The van der Waals surface area contributed by atoms with Gasteiger partial charge in [0.15, 0.2) is 0 Å². The third-order valence-electron chi connectivity index (χ3n) is 4.56. The van der Waals surface area contributed by atoms with Crippen molar-refractivity contribution in [3.8, 4) is 0 Å². The fourth-order valence-electron chi connectivity index (χ4n) is 3.20. The Labute approximate surface area is 104 Å². The molecular formula is C15H22N2. The lowest BCUT2D eigenvalue weighted by Gasteiger charge is -2.27. The van der Waals surface area contributed by atoms with Crippen molar-refractivity contribution in [3.63, 3.8) is 0 Å². The Bertz CT molecular complexity index is 390. The van der Waals surface area contributed by atoms with Crippen LogP contribution in [0.25, 0.3) is 0 Å². The summed E-state index contributed by atoms with van der Waals surface area (Å²) in [6, 6.07) is 9.02. The lowest BCUT2D eigenvalue weighted by Crippen LogP contribution is -2.28. The molecule has 2 nitrogen and oxygen atoms in total. The molecule has 1 heterocycles. The molecule has 2 aliphatic rings. The second-order valence-electron chi connectivity index (χ2n) is 5.60. The minimum Gasteiger partial charge on any atom is -0.330 e. The Morgan fingerprint density at radius 1 is 1.18 bits per heavy atom. The highest BCUT2D eigenvalue weighted by molar-refractivity contribution is 5.41. The molecule has 3 rings (SSSR count). The zero-order chi connectivity index (χ0) is 11.7. The maximum Gasteiger partial charge on any atom is 0.00790 e. The number of nitrogens with one attached hydrogen (secondary N) is 1. The second kappa shape index (κ2) is 4.43. The molecule has 1 saturated carbocycles. The zero-order valence-corrected chi connectivity index (χ0v) is 10.4. The third-order valence-corrected chi connectivity index (χ3v) is 4.56. The summed E-state index contributed by atoms with van der Waals surface area (Å²) in [6.45, 7) is 3.14. The molecule has 1 aliphatic carbocycles. The maximum absolute atomic E-state index is 5.99. The highest BCUT2D eigenvalue weighted by atomic mass is 14.9. The molecule has 2 heteroatoms. The monoisotopic (exact) mass is 230 g/mol. The molecule has 1 aromatic rings. The molecule has 92 valence electrons. The molecular weight excluding hydrogens is 208 g/mol. The van der Waals surface area contributed by atoms with Crippen LogP contribution in [0.4, 0.5) is 0 Å². The van der Waals surface area contributed by atoms with E-state index < -0.39 is 0 Å². The Morgan fingerprint density at radius 2 is 1.88 bits per heavy atom. The number of rotatable bonds is 3. The Balaban J connectivity index is 1.93. The normalized spacial score (nSPS) is 23.6. The summed E-state index contributed by atoms with van der Waals surface area (Å²) in [7, 11) is 0. The summed E-state index contributed by atoms with van der Waals surface area (Å²) >= 11 is 0. The standard InChI is InChI=1S/C15H22N2/c16-11-15(7-8-15)14-4-2-1-3-13(14)12-5-9-17-10-6-12/h1-4,12,17H,5-11,16H2. The fraction of sp³-hybridized carbons (Fsp3) is 0.600. The van der Waals surface area contributed by atoms with Crippen LogP contribution in [-0.2, 0) is 5.41 Å². The van der Waals surface area contributed by atoms with E-state index in [1.54, 1.807) is 11.1 Å². The van der Waals surface area contributed by atoms with Crippen LogP contribution in [0.5, 0.6) is 0 Å². The van der Waals surface area contributed by atoms with Crippen molar-refractivity contribution in [1.82, 2.24) is 5.32 Å². The van der Waals surface area contributed by atoms with Gasteiger partial charge in [0.05, 0.1) is 0 Å². The van der Waals surface area contributed by atoms with Crippen LogP contribution in [0.15, 0.2) is 24.3 Å². The van der Waals surface area contributed by atoms with Crippen LogP contribution in [0.1, 0.15) is 42.7 Å². The van der Waals surface area contributed by atoms with Crippen molar-refractivity contribution in [2.75, 3.05) is 19.6 Å². The van der Waals surface area contributed by atoms with E-state index in [4.69, 9.17) is 5.73 Å². The van der Waals surface area contributed by atoms with Gasteiger partial charge in [0.1, 0.15) is 0 Å². The van der Waals surface area contributed by atoms with Gasteiger partial charge in [-0.1, -0.05) is 24.3 Å². The predicted molar refractivity (Wildman–Crippen MR) is 71.3 cm³/mol. The van der Waals surface area contributed by atoms with Gasteiger partial charge in [0.2, 0.25) is 0 Å². The molecule has 2 fully saturated rings. The van der Waals surface area contributed by atoms with Crippen LogP contribution < -0.4 is 11.1 Å². The van der Waals surface area contributed by atoms with E-state index in [1.807, 2.05) is 0 Å². The first-order chi connectivity index (χ1) is 8.36. The van der Waals surface area contributed by atoms with E-state index in [0.717, 1.165) is 25.6 Å². The molecule has 0 aromatic heterocycles. The number of hydrogen-bond acceptors (Lipinski definition) is 2. The molecule has 0 atom stereocenters. The summed E-state index contributed by atoms with van der Waals surface area (Å²) in [6.07, 6.45) is 5.12. The van der Waals surface area contributed by atoms with E-state index in [0.29, 0.717) is 5.41 Å². The molecule has 1 saturated heterocycles. The molecule has 0 spiro atoms. The van der Waals surface area contributed by atoms with Crippen LogP contribution in [-0.4, -0.2) is 19.6 Å². The van der Waals surface area contributed by atoms with Gasteiger partial charge in [0.25, 0.3) is 0 Å². The van der Waals surface area contributed by atoms with Crippen LogP contribution >= 0.6 is 0 Å². The molecule has 17 heavy (non-hydrogen) atoms. The summed E-state index contributed by atoms with van der Waals surface area (Å²) in [4.78, 5) is 0. The molecule has 3 N–H and O–H groups in total. The average molecular weight is 230 g/mol. The van der Waals surface area contributed by atoms with Crippen molar-refractivity contribution in [1.29, 1.82) is 0 Å². The first kappa shape index (κ1) is 11.2. The second-order valence-corrected chi connectivity index (χ2v) is 5.60. The lowest BCUT2D eigenvalue weighted by molar-refractivity contribution is 0.455. The predicted octanol–water partition coefficient (Wildman–Crippen LogP) is 2.14. The molecule has 0 radical (unpaired) electrons. The molecule has 0 bridgehead atoms. The molecule has 1 aromatic carbocycles. The van der Waals surface area contributed by atoms with Gasteiger partial charge < -0.3 is 11.1 Å². The molecule has 0 unspecified atom stereocenters. The van der Waals surface area contributed by atoms with Crippen molar-refractivity contribution in [3.05, 3.63) is 35.4 Å². The van der Waals surface area contributed by atoms with Crippen molar-refractivity contribution >= 4 is 0 Å². The summed E-state index contributed by atoms with van der Waals surface area (Å²) in [5, 5.41) is 3.45. The molecule has 0 amide bonds. The minimum atomic E-state index is 0.335. The molecule has 1 aliphatic heterocycles. The maximum atomic E-state index is 5.99. The van der Waals surface area contributed by atoms with E-state index >= 15 is 0 Å². The summed E-state index contributed by atoms with van der Waals surface area (Å²) in [5.74, 6) is 0.747. The smallest absolute Gasteiger partial charge is 0.00790 e. The van der Waals surface area contributed by atoms with Gasteiger partial charge in [-0.25, -0.2) is 0 Å². The van der Waals surface area contributed by atoms with Gasteiger partial charge >= 0.3 is 0 Å². The van der Waals surface area contributed by atoms with Crippen molar-refractivity contribution in [2.45, 2.75) is 37.0 Å². The highest BCUT2D eigenvalue weighted by Crippen LogP contribution is 2.50. The number of nitrogens with two attached hydrogens (primary N) is 1. The first-order valence-electron chi connectivity index (χ1n) is 6.86. The Morgan fingerprint density at radius 3 is 2.53 bits per heavy atom. The van der Waals surface area contributed by atoms with Gasteiger partial charge in [-0.15, -0.1) is 0 Å².